The Labute approximate surface area is 173 Å². The first-order valence-corrected chi connectivity index (χ1v) is 9.45. The zero-order valence-corrected chi connectivity index (χ0v) is 16.3. The van der Waals surface area contributed by atoms with Crippen LogP contribution in [0.1, 0.15) is 11.3 Å². The molecule has 3 aromatic rings. The second kappa shape index (κ2) is 8.08. The topological polar surface area (TPSA) is 83.4 Å². The fraction of sp³-hybridized carbons (Fsp3) is 0.0870. The molecule has 0 aliphatic carbocycles. The fourth-order valence-corrected chi connectivity index (χ4v) is 3.18. The number of hydrogen-bond acceptors (Lipinski definition) is 3. The quantitative estimate of drug-likeness (QED) is 0.509. The number of amides is 4. The summed E-state index contributed by atoms with van der Waals surface area (Å²) in [6.45, 7) is 1.58. The number of nitrogens with one attached hydrogen (secondary N) is 2. The van der Waals surface area contributed by atoms with Gasteiger partial charge in [0.1, 0.15) is 12.2 Å². The van der Waals surface area contributed by atoms with Gasteiger partial charge in [-0.05, 0) is 49.4 Å². The van der Waals surface area contributed by atoms with Gasteiger partial charge in [-0.25, -0.2) is 9.69 Å². The van der Waals surface area contributed by atoms with E-state index in [2.05, 4.69) is 10.6 Å². The van der Waals surface area contributed by atoms with E-state index in [-0.39, 0.29) is 12.2 Å². The number of aromatic nitrogens is 1. The van der Waals surface area contributed by atoms with Crippen LogP contribution in [0, 0.1) is 6.92 Å². The third-order valence-corrected chi connectivity index (χ3v) is 4.71. The lowest BCUT2D eigenvalue weighted by Crippen LogP contribution is -2.38. The van der Waals surface area contributed by atoms with Gasteiger partial charge in [-0.2, -0.15) is 0 Å². The van der Waals surface area contributed by atoms with E-state index in [1.165, 1.54) is 0 Å². The van der Waals surface area contributed by atoms with Crippen molar-refractivity contribution in [1.82, 2.24) is 14.8 Å². The highest BCUT2D eigenvalue weighted by Crippen LogP contribution is 2.18. The molecule has 1 saturated heterocycles. The van der Waals surface area contributed by atoms with Gasteiger partial charge in [0.05, 0.1) is 0 Å². The highest BCUT2D eigenvalue weighted by Gasteiger charge is 2.35. The number of anilines is 1. The minimum atomic E-state index is -0.622. The molecule has 4 amide bonds. The number of para-hydroxylation sites is 1. The van der Waals surface area contributed by atoms with Gasteiger partial charge in [-0.15, -0.1) is 0 Å². The molecule has 0 saturated carbocycles. The summed E-state index contributed by atoms with van der Waals surface area (Å²) in [6.07, 6.45) is 3.47. The number of urea groups is 1. The summed E-state index contributed by atoms with van der Waals surface area (Å²) >= 11 is 0. The second-order valence-electron chi connectivity index (χ2n) is 6.93. The van der Waals surface area contributed by atoms with E-state index in [4.69, 9.17) is 0 Å². The number of hydrogen-bond donors (Lipinski definition) is 2. The number of benzene rings is 2. The smallest absolute Gasteiger partial charge is 0.325 e. The van der Waals surface area contributed by atoms with Crippen LogP contribution in [0.5, 0.6) is 0 Å². The lowest BCUT2D eigenvalue weighted by atomic mass is 10.2. The molecule has 1 aromatic heterocycles. The van der Waals surface area contributed by atoms with Crippen LogP contribution in [-0.4, -0.2) is 33.9 Å². The summed E-state index contributed by atoms with van der Waals surface area (Å²) in [6, 6.07) is 20.0. The Morgan fingerprint density at radius 3 is 2.47 bits per heavy atom. The zero-order valence-electron chi connectivity index (χ0n) is 16.3. The highest BCUT2D eigenvalue weighted by atomic mass is 16.2. The lowest BCUT2D eigenvalue weighted by Gasteiger charge is -2.12. The normalized spacial score (nSPS) is 14.8. The Hall–Kier alpha value is -4.13. The van der Waals surface area contributed by atoms with Gasteiger partial charge in [0, 0.05) is 23.3 Å². The fourth-order valence-electron chi connectivity index (χ4n) is 3.18. The molecular formula is C23H20N4O3. The van der Waals surface area contributed by atoms with Crippen molar-refractivity contribution >= 4 is 29.6 Å². The standard InChI is InChI=1S/C23H20N4O3/c1-16-9-11-17(12-10-16)24-21(28)15-27-22(29)20(25-23(27)30)14-19-8-5-13-26(19)18-6-3-2-4-7-18/h2-14H,15H2,1H3,(H,24,28)(H,25,30)/b20-14+. The molecule has 1 aliphatic heterocycles. The Kier molecular flexibility index (Phi) is 5.17. The first-order valence-electron chi connectivity index (χ1n) is 9.45. The highest BCUT2D eigenvalue weighted by molar-refractivity contribution is 6.15. The summed E-state index contributed by atoms with van der Waals surface area (Å²) < 4.78 is 1.90. The van der Waals surface area contributed by atoms with Gasteiger partial charge in [-0.3, -0.25) is 9.59 Å². The van der Waals surface area contributed by atoms with Gasteiger partial charge in [-0.1, -0.05) is 35.9 Å². The van der Waals surface area contributed by atoms with Gasteiger partial charge in [0.15, 0.2) is 0 Å². The molecule has 1 fully saturated rings. The number of carbonyl (C=O) groups excluding carboxylic acids is 3. The summed E-state index contributed by atoms with van der Waals surface area (Å²) in [5.41, 5.74) is 3.46. The molecule has 1 aliphatic rings. The minimum Gasteiger partial charge on any atom is -0.325 e. The van der Waals surface area contributed by atoms with E-state index in [0.29, 0.717) is 5.69 Å². The SMILES string of the molecule is Cc1ccc(NC(=O)CN2C(=O)N/C(=C/c3cccn3-c3ccccc3)C2=O)cc1. The number of carbonyl (C=O) groups is 3. The molecule has 2 N–H and O–H groups in total. The van der Waals surface area contributed by atoms with Gasteiger partial charge < -0.3 is 15.2 Å². The summed E-state index contributed by atoms with van der Waals surface area (Å²) in [7, 11) is 0. The molecule has 0 radical (unpaired) electrons. The van der Waals surface area contributed by atoms with Gasteiger partial charge in [0.2, 0.25) is 5.91 Å². The average Bonchev–Trinajstić information content (AvgIpc) is 3.31. The molecule has 0 bridgehead atoms. The molecule has 2 aromatic carbocycles. The molecule has 0 atom stereocenters. The Morgan fingerprint density at radius 2 is 1.73 bits per heavy atom. The van der Waals surface area contributed by atoms with Gasteiger partial charge >= 0.3 is 6.03 Å². The van der Waals surface area contributed by atoms with Crippen LogP contribution >= 0.6 is 0 Å². The van der Waals surface area contributed by atoms with Crippen molar-refractivity contribution in [2.45, 2.75) is 6.92 Å². The van der Waals surface area contributed by atoms with E-state index in [0.717, 1.165) is 21.8 Å². The van der Waals surface area contributed by atoms with Crippen LogP contribution in [0.25, 0.3) is 11.8 Å². The molecule has 150 valence electrons. The van der Waals surface area contributed by atoms with Crippen molar-refractivity contribution in [3.8, 4) is 5.69 Å². The molecule has 7 heteroatoms. The Balaban J connectivity index is 1.49. The Morgan fingerprint density at radius 1 is 1.00 bits per heavy atom. The lowest BCUT2D eigenvalue weighted by molar-refractivity contribution is -0.127. The van der Waals surface area contributed by atoms with Crippen molar-refractivity contribution < 1.29 is 14.4 Å². The van der Waals surface area contributed by atoms with Gasteiger partial charge in [0.25, 0.3) is 5.91 Å². The maximum Gasteiger partial charge on any atom is 0.329 e. The predicted octanol–water partition coefficient (Wildman–Crippen LogP) is 3.32. The van der Waals surface area contributed by atoms with Crippen molar-refractivity contribution in [2.75, 3.05) is 11.9 Å². The average molecular weight is 400 g/mol. The molecule has 30 heavy (non-hydrogen) atoms. The van der Waals surface area contributed by atoms with Crippen molar-refractivity contribution in [3.05, 3.63) is 89.9 Å². The second-order valence-corrected chi connectivity index (χ2v) is 6.93. The molecule has 4 rings (SSSR count). The first-order chi connectivity index (χ1) is 14.5. The summed E-state index contributed by atoms with van der Waals surface area (Å²) in [5, 5.41) is 5.24. The van der Waals surface area contributed by atoms with E-state index in [1.807, 2.05) is 72.3 Å². The molecule has 7 nitrogen and oxygen atoms in total. The molecule has 2 heterocycles. The van der Waals surface area contributed by atoms with E-state index >= 15 is 0 Å². The number of nitrogens with zero attached hydrogens (tertiary/aromatic N) is 2. The largest absolute Gasteiger partial charge is 0.329 e. The minimum absolute atomic E-state index is 0.124. The van der Waals surface area contributed by atoms with Crippen LogP contribution in [0.2, 0.25) is 0 Å². The first kappa shape index (κ1) is 19.2. The summed E-state index contributed by atoms with van der Waals surface area (Å²) in [4.78, 5) is 38.2. The van der Waals surface area contributed by atoms with Crippen LogP contribution in [-0.2, 0) is 9.59 Å². The predicted molar refractivity (Wildman–Crippen MR) is 114 cm³/mol. The van der Waals surface area contributed by atoms with Crippen molar-refractivity contribution in [3.63, 3.8) is 0 Å². The van der Waals surface area contributed by atoms with Crippen LogP contribution < -0.4 is 10.6 Å². The van der Waals surface area contributed by atoms with E-state index in [9.17, 15) is 14.4 Å². The molecule has 0 spiro atoms. The third-order valence-electron chi connectivity index (χ3n) is 4.71. The van der Waals surface area contributed by atoms with Crippen LogP contribution in [0.4, 0.5) is 10.5 Å². The number of rotatable bonds is 5. The van der Waals surface area contributed by atoms with E-state index < -0.39 is 17.8 Å². The maximum absolute atomic E-state index is 12.7. The number of aryl methyl sites for hydroxylation is 1. The van der Waals surface area contributed by atoms with Crippen LogP contribution in [0.15, 0.2) is 78.6 Å². The van der Waals surface area contributed by atoms with Crippen molar-refractivity contribution in [2.24, 2.45) is 0 Å². The maximum atomic E-state index is 12.7. The molecular weight excluding hydrogens is 380 g/mol. The summed E-state index contributed by atoms with van der Waals surface area (Å²) in [5.74, 6) is -0.990. The third kappa shape index (κ3) is 4.00. The number of imide groups is 1. The monoisotopic (exact) mass is 400 g/mol. The molecule has 0 unspecified atom stereocenters. The zero-order chi connectivity index (χ0) is 21.1. The van der Waals surface area contributed by atoms with E-state index in [1.54, 1.807) is 18.2 Å². The van der Waals surface area contributed by atoms with Crippen LogP contribution in [0.3, 0.4) is 0 Å². The van der Waals surface area contributed by atoms with Crippen molar-refractivity contribution in [1.29, 1.82) is 0 Å². The Bertz CT molecular complexity index is 1130.